The Kier molecular flexibility index (Phi) is 5.13. The van der Waals surface area contributed by atoms with Gasteiger partial charge in [0.2, 0.25) is 0 Å². The van der Waals surface area contributed by atoms with Crippen molar-refractivity contribution in [3.63, 3.8) is 0 Å². The zero-order valence-corrected chi connectivity index (χ0v) is 14.1. The van der Waals surface area contributed by atoms with Crippen molar-refractivity contribution in [3.8, 4) is 0 Å². The minimum absolute atomic E-state index is 0.261. The molecule has 1 aliphatic carbocycles. The van der Waals surface area contributed by atoms with Gasteiger partial charge < -0.3 is 10.4 Å². The fourth-order valence-electron chi connectivity index (χ4n) is 3.58. The zero-order chi connectivity index (χ0) is 16.1. The Balaban J connectivity index is 1.66. The van der Waals surface area contributed by atoms with E-state index in [-0.39, 0.29) is 5.41 Å². The molecule has 0 amide bonds. The summed E-state index contributed by atoms with van der Waals surface area (Å²) in [5, 5.41) is 14.8. The van der Waals surface area contributed by atoms with Crippen molar-refractivity contribution < 1.29 is 9.90 Å². The van der Waals surface area contributed by atoms with Gasteiger partial charge in [0.05, 0.1) is 5.56 Å². The molecule has 0 aliphatic heterocycles. The number of carboxylic acid groups (broad SMARTS) is 1. The number of thiophene rings is 1. The predicted molar refractivity (Wildman–Crippen MR) is 94.2 cm³/mol. The number of nitrogens with one attached hydrogen (secondary N) is 1. The molecule has 0 unspecified atom stereocenters. The van der Waals surface area contributed by atoms with Gasteiger partial charge in [-0.1, -0.05) is 37.5 Å². The van der Waals surface area contributed by atoms with Crippen LogP contribution in [-0.4, -0.2) is 17.6 Å². The van der Waals surface area contributed by atoms with E-state index in [1.165, 1.54) is 37.0 Å². The van der Waals surface area contributed by atoms with E-state index in [0.29, 0.717) is 12.1 Å². The summed E-state index contributed by atoms with van der Waals surface area (Å²) in [6.45, 7) is 1.68. The van der Waals surface area contributed by atoms with E-state index in [1.54, 1.807) is 12.1 Å². The lowest BCUT2D eigenvalue weighted by molar-refractivity contribution is 0.0696. The van der Waals surface area contributed by atoms with Gasteiger partial charge in [0.1, 0.15) is 0 Å². The van der Waals surface area contributed by atoms with E-state index >= 15 is 0 Å². The van der Waals surface area contributed by atoms with Crippen LogP contribution in [0.15, 0.2) is 41.8 Å². The molecule has 1 aromatic heterocycles. The van der Waals surface area contributed by atoms with E-state index in [0.717, 1.165) is 12.1 Å². The van der Waals surface area contributed by atoms with Crippen LogP contribution in [0.1, 0.15) is 52.9 Å². The summed E-state index contributed by atoms with van der Waals surface area (Å²) in [7, 11) is 0. The molecular formula is C19H23NO2S. The van der Waals surface area contributed by atoms with E-state index in [2.05, 4.69) is 22.8 Å². The molecule has 1 fully saturated rings. The molecule has 4 heteroatoms. The molecule has 0 atom stereocenters. The van der Waals surface area contributed by atoms with Gasteiger partial charge in [0.15, 0.2) is 0 Å². The highest BCUT2D eigenvalue weighted by molar-refractivity contribution is 7.10. The zero-order valence-electron chi connectivity index (χ0n) is 13.3. The number of benzene rings is 1. The number of aromatic carboxylic acids is 1. The first-order valence-corrected chi connectivity index (χ1v) is 9.15. The van der Waals surface area contributed by atoms with Gasteiger partial charge in [-0.15, -0.1) is 11.3 Å². The Morgan fingerprint density at radius 1 is 1.17 bits per heavy atom. The molecule has 2 aromatic rings. The Labute approximate surface area is 141 Å². The van der Waals surface area contributed by atoms with Crippen molar-refractivity contribution in [2.75, 3.05) is 6.54 Å². The molecule has 0 spiro atoms. The average Bonchev–Trinajstić information content (AvgIpc) is 3.11. The summed E-state index contributed by atoms with van der Waals surface area (Å²) >= 11 is 1.86. The molecular weight excluding hydrogens is 306 g/mol. The summed E-state index contributed by atoms with van der Waals surface area (Å²) in [5.74, 6) is -0.866. The smallest absolute Gasteiger partial charge is 0.335 e. The number of hydrogen-bond acceptors (Lipinski definition) is 3. The maximum Gasteiger partial charge on any atom is 0.335 e. The molecule has 1 aliphatic rings. The lowest BCUT2D eigenvalue weighted by Gasteiger charge is -2.37. The quantitative estimate of drug-likeness (QED) is 0.824. The van der Waals surface area contributed by atoms with Crippen molar-refractivity contribution in [1.82, 2.24) is 5.32 Å². The summed E-state index contributed by atoms with van der Waals surface area (Å²) in [6.07, 6.45) is 6.43. The van der Waals surface area contributed by atoms with E-state index < -0.39 is 5.97 Å². The van der Waals surface area contributed by atoms with Crippen molar-refractivity contribution in [1.29, 1.82) is 0 Å². The molecule has 1 heterocycles. The summed E-state index contributed by atoms with van der Waals surface area (Å²) in [5.41, 5.74) is 1.65. The number of rotatable bonds is 6. The van der Waals surface area contributed by atoms with Gasteiger partial charge >= 0.3 is 5.97 Å². The van der Waals surface area contributed by atoms with E-state index in [9.17, 15) is 4.79 Å². The maximum absolute atomic E-state index is 11.1. The third kappa shape index (κ3) is 3.82. The SMILES string of the molecule is O=C(O)c1cccc(CNCC2(c3cccs3)CCCCC2)c1. The molecule has 1 aromatic carbocycles. The molecule has 122 valence electrons. The highest BCUT2D eigenvalue weighted by Gasteiger charge is 2.34. The lowest BCUT2D eigenvalue weighted by atomic mass is 9.73. The summed E-state index contributed by atoms with van der Waals surface area (Å²) in [4.78, 5) is 12.6. The van der Waals surface area contributed by atoms with E-state index in [1.807, 2.05) is 23.5 Å². The van der Waals surface area contributed by atoms with Crippen molar-refractivity contribution in [2.24, 2.45) is 0 Å². The molecule has 2 N–H and O–H groups in total. The standard InChI is InChI=1S/C19H23NO2S/c21-18(22)16-7-4-6-15(12-16)13-20-14-19(9-2-1-3-10-19)17-8-5-11-23-17/h4-8,11-12,20H,1-3,9-10,13-14H2,(H,21,22). The molecule has 3 rings (SSSR count). The normalized spacial score (nSPS) is 17.0. The van der Waals surface area contributed by atoms with Crippen molar-refractivity contribution >= 4 is 17.3 Å². The second-order valence-electron chi connectivity index (χ2n) is 6.43. The minimum atomic E-state index is -0.866. The Morgan fingerprint density at radius 2 is 2.00 bits per heavy atom. The Morgan fingerprint density at radius 3 is 2.70 bits per heavy atom. The monoisotopic (exact) mass is 329 g/mol. The first-order valence-electron chi connectivity index (χ1n) is 8.27. The van der Waals surface area contributed by atoms with Crippen LogP contribution in [0.4, 0.5) is 0 Å². The molecule has 0 saturated heterocycles. The third-order valence-electron chi connectivity index (χ3n) is 4.82. The van der Waals surface area contributed by atoms with Crippen LogP contribution >= 0.6 is 11.3 Å². The summed E-state index contributed by atoms with van der Waals surface area (Å²) < 4.78 is 0. The van der Waals surface area contributed by atoms with Crippen LogP contribution in [0.3, 0.4) is 0 Å². The highest BCUT2D eigenvalue weighted by Crippen LogP contribution is 2.41. The lowest BCUT2D eigenvalue weighted by Crippen LogP contribution is -2.39. The summed E-state index contributed by atoms with van der Waals surface area (Å²) in [6, 6.07) is 11.6. The van der Waals surface area contributed by atoms with Crippen LogP contribution < -0.4 is 5.32 Å². The third-order valence-corrected chi connectivity index (χ3v) is 5.94. The first kappa shape index (κ1) is 16.2. The molecule has 0 radical (unpaired) electrons. The van der Waals surface area contributed by atoms with Crippen molar-refractivity contribution in [3.05, 3.63) is 57.8 Å². The van der Waals surface area contributed by atoms with Crippen LogP contribution in [0.2, 0.25) is 0 Å². The van der Waals surface area contributed by atoms with Crippen LogP contribution in [0.25, 0.3) is 0 Å². The minimum Gasteiger partial charge on any atom is -0.478 e. The van der Waals surface area contributed by atoms with Crippen LogP contribution in [0.5, 0.6) is 0 Å². The van der Waals surface area contributed by atoms with Gasteiger partial charge in [0, 0.05) is 23.4 Å². The maximum atomic E-state index is 11.1. The van der Waals surface area contributed by atoms with Crippen LogP contribution in [0, 0.1) is 0 Å². The van der Waals surface area contributed by atoms with Gasteiger partial charge in [0.25, 0.3) is 0 Å². The molecule has 3 nitrogen and oxygen atoms in total. The second-order valence-corrected chi connectivity index (χ2v) is 7.38. The van der Waals surface area contributed by atoms with Gasteiger partial charge in [-0.25, -0.2) is 4.79 Å². The predicted octanol–water partition coefficient (Wildman–Crippen LogP) is 4.44. The van der Waals surface area contributed by atoms with Crippen LogP contribution in [-0.2, 0) is 12.0 Å². The number of carbonyl (C=O) groups is 1. The topological polar surface area (TPSA) is 49.3 Å². The average molecular weight is 329 g/mol. The molecule has 0 bridgehead atoms. The Hall–Kier alpha value is -1.65. The second kappa shape index (κ2) is 7.28. The van der Waals surface area contributed by atoms with Crippen molar-refractivity contribution in [2.45, 2.75) is 44.1 Å². The van der Waals surface area contributed by atoms with E-state index in [4.69, 9.17) is 5.11 Å². The largest absolute Gasteiger partial charge is 0.478 e. The highest BCUT2D eigenvalue weighted by atomic mass is 32.1. The molecule has 1 saturated carbocycles. The Bertz CT molecular complexity index is 645. The fraction of sp³-hybridized carbons (Fsp3) is 0.421. The van der Waals surface area contributed by atoms with Gasteiger partial charge in [-0.3, -0.25) is 0 Å². The van der Waals surface area contributed by atoms with Gasteiger partial charge in [-0.2, -0.15) is 0 Å². The fourth-order valence-corrected chi connectivity index (χ4v) is 4.57. The first-order chi connectivity index (χ1) is 11.2. The molecule has 23 heavy (non-hydrogen) atoms. The van der Waals surface area contributed by atoms with Gasteiger partial charge in [-0.05, 0) is 42.0 Å². The number of carboxylic acids is 1. The number of hydrogen-bond donors (Lipinski definition) is 2.